The third-order valence-corrected chi connectivity index (χ3v) is 4.31. The Bertz CT molecular complexity index is 800. The van der Waals surface area contributed by atoms with Gasteiger partial charge in [-0.15, -0.1) is 5.10 Å². The lowest BCUT2D eigenvalue weighted by Crippen LogP contribution is -2.11. The normalized spacial score (nSPS) is 12.0. The van der Waals surface area contributed by atoms with Crippen molar-refractivity contribution in [3.8, 4) is 22.5 Å². The molecule has 0 spiro atoms. The molecule has 0 bridgehead atoms. The van der Waals surface area contributed by atoms with Gasteiger partial charge in [0, 0.05) is 5.56 Å². The lowest BCUT2D eigenvalue weighted by molar-refractivity contribution is -0.136. The van der Waals surface area contributed by atoms with Crippen molar-refractivity contribution in [2.75, 3.05) is 0 Å². The fraction of sp³-hybridized carbons (Fsp3) is 0.118. The van der Waals surface area contributed by atoms with Gasteiger partial charge in [-0.05, 0) is 18.1 Å². The first-order valence-electron chi connectivity index (χ1n) is 7.11. The maximum Gasteiger partial charge on any atom is 0.316 e. The van der Waals surface area contributed by atoms with Crippen LogP contribution in [0.4, 0.5) is 0 Å². The number of hydrogen-bond donors (Lipinski definition) is 2. The number of benzene rings is 2. The highest BCUT2D eigenvalue weighted by Gasteiger charge is 2.16. The van der Waals surface area contributed by atoms with E-state index in [0.717, 1.165) is 28.5 Å². The Kier molecular flexibility index (Phi) is 4.43. The van der Waals surface area contributed by atoms with Gasteiger partial charge in [0.15, 0.2) is 5.82 Å². The van der Waals surface area contributed by atoms with Crippen LogP contribution in [0.25, 0.3) is 22.5 Å². The SMILES string of the molecule is C[C@@H](Sc1n[nH]c(-c2ccc(-c3ccccc3)cc2)n1)C(=O)O. The third kappa shape index (κ3) is 3.60. The molecule has 1 heterocycles. The van der Waals surface area contributed by atoms with Gasteiger partial charge < -0.3 is 5.11 Å². The first-order chi connectivity index (χ1) is 11.1. The Labute approximate surface area is 137 Å². The Hall–Kier alpha value is -2.60. The van der Waals surface area contributed by atoms with Gasteiger partial charge in [0.05, 0.1) is 0 Å². The van der Waals surface area contributed by atoms with Gasteiger partial charge in [0.2, 0.25) is 5.16 Å². The van der Waals surface area contributed by atoms with E-state index in [4.69, 9.17) is 5.11 Å². The summed E-state index contributed by atoms with van der Waals surface area (Å²) in [6.07, 6.45) is 0. The molecule has 0 saturated heterocycles. The van der Waals surface area contributed by atoms with E-state index in [0.29, 0.717) is 11.0 Å². The molecule has 0 radical (unpaired) electrons. The summed E-state index contributed by atoms with van der Waals surface area (Å²) in [6, 6.07) is 18.1. The number of thioether (sulfide) groups is 1. The zero-order valence-corrected chi connectivity index (χ0v) is 13.2. The van der Waals surface area contributed by atoms with E-state index >= 15 is 0 Å². The molecule has 23 heavy (non-hydrogen) atoms. The fourth-order valence-electron chi connectivity index (χ4n) is 2.09. The van der Waals surface area contributed by atoms with E-state index in [-0.39, 0.29) is 0 Å². The predicted octanol–water partition coefficient (Wildman–Crippen LogP) is 3.70. The van der Waals surface area contributed by atoms with Crippen LogP contribution in [0.3, 0.4) is 0 Å². The first-order valence-corrected chi connectivity index (χ1v) is 7.99. The van der Waals surface area contributed by atoms with Crippen LogP contribution in [0.5, 0.6) is 0 Å². The molecule has 2 N–H and O–H groups in total. The van der Waals surface area contributed by atoms with Gasteiger partial charge in [0.1, 0.15) is 5.25 Å². The van der Waals surface area contributed by atoms with Crippen LogP contribution in [0.15, 0.2) is 59.8 Å². The van der Waals surface area contributed by atoms with E-state index in [1.165, 1.54) is 0 Å². The van der Waals surface area contributed by atoms with Crippen LogP contribution < -0.4 is 0 Å². The Morgan fingerprint density at radius 3 is 2.30 bits per heavy atom. The number of H-pyrrole nitrogens is 1. The third-order valence-electron chi connectivity index (χ3n) is 3.36. The molecule has 0 aliphatic heterocycles. The Balaban J connectivity index is 1.78. The van der Waals surface area contributed by atoms with Crippen LogP contribution in [-0.4, -0.2) is 31.5 Å². The molecule has 0 amide bonds. The van der Waals surface area contributed by atoms with Crippen LogP contribution in [0.1, 0.15) is 6.92 Å². The molecule has 0 unspecified atom stereocenters. The second-order valence-electron chi connectivity index (χ2n) is 5.01. The molecule has 0 saturated carbocycles. The number of hydrogen-bond acceptors (Lipinski definition) is 4. The van der Waals surface area contributed by atoms with Crippen molar-refractivity contribution in [2.24, 2.45) is 0 Å². The summed E-state index contributed by atoms with van der Waals surface area (Å²) >= 11 is 1.11. The lowest BCUT2D eigenvalue weighted by Gasteiger charge is -2.02. The zero-order chi connectivity index (χ0) is 16.2. The van der Waals surface area contributed by atoms with Crippen LogP contribution in [0, 0.1) is 0 Å². The number of nitrogens with zero attached hydrogens (tertiary/aromatic N) is 2. The summed E-state index contributed by atoms with van der Waals surface area (Å²) in [6.45, 7) is 1.61. The van der Waals surface area contributed by atoms with Gasteiger partial charge in [-0.25, -0.2) is 4.98 Å². The summed E-state index contributed by atoms with van der Waals surface area (Å²) in [4.78, 5) is 15.2. The van der Waals surface area contributed by atoms with Gasteiger partial charge >= 0.3 is 5.97 Å². The molecule has 0 aliphatic rings. The highest BCUT2D eigenvalue weighted by atomic mass is 32.2. The number of aromatic amines is 1. The van der Waals surface area contributed by atoms with Gasteiger partial charge in [-0.2, -0.15) is 0 Å². The average molecular weight is 325 g/mol. The first kappa shape index (κ1) is 15.3. The molecule has 1 atom stereocenters. The number of rotatable bonds is 5. The minimum atomic E-state index is -0.881. The van der Waals surface area contributed by atoms with Crippen molar-refractivity contribution in [3.05, 3.63) is 54.6 Å². The molecule has 116 valence electrons. The molecule has 5 nitrogen and oxygen atoms in total. The maximum absolute atomic E-state index is 10.9. The largest absolute Gasteiger partial charge is 0.480 e. The molecule has 2 aromatic carbocycles. The van der Waals surface area contributed by atoms with Crippen LogP contribution >= 0.6 is 11.8 Å². The number of carbonyl (C=O) groups is 1. The van der Waals surface area contributed by atoms with Crippen molar-refractivity contribution in [2.45, 2.75) is 17.3 Å². The second-order valence-corrected chi connectivity index (χ2v) is 6.32. The molecular weight excluding hydrogens is 310 g/mol. The summed E-state index contributed by atoms with van der Waals surface area (Å²) in [5.74, 6) is -0.252. The lowest BCUT2D eigenvalue weighted by atomic mass is 10.0. The van der Waals surface area contributed by atoms with Gasteiger partial charge in [-0.1, -0.05) is 66.4 Å². The van der Waals surface area contributed by atoms with Crippen molar-refractivity contribution in [3.63, 3.8) is 0 Å². The van der Waals surface area contributed by atoms with Crippen molar-refractivity contribution in [1.29, 1.82) is 0 Å². The quantitative estimate of drug-likeness (QED) is 0.699. The molecular formula is C17H15N3O2S. The maximum atomic E-state index is 10.9. The minimum absolute atomic E-state index is 0.432. The summed E-state index contributed by atoms with van der Waals surface area (Å²) in [7, 11) is 0. The minimum Gasteiger partial charge on any atom is -0.480 e. The Morgan fingerprint density at radius 1 is 1.04 bits per heavy atom. The van der Waals surface area contributed by atoms with Crippen molar-refractivity contribution < 1.29 is 9.90 Å². The van der Waals surface area contributed by atoms with E-state index in [9.17, 15) is 4.79 Å². The van der Waals surface area contributed by atoms with Crippen molar-refractivity contribution >= 4 is 17.7 Å². The Morgan fingerprint density at radius 2 is 1.65 bits per heavy atom. The number of nitrogens with one attached hydrogen (secondary N) is 1. The average Bonchev–Trinajstić information content (AvgIpc) is 3.04. The molecule has 0 aliphatic carbocycles. The topological polar surface area (TPSA) is 78.9 Å². The summed E-state index contributed by atoms with van der Waals surface area (Å²) in [5, 5.41) is 15.7. The van der Waals surface area contributed by atoms with Crippen molar-refractivity contribution in [1.82, 2.24) is 15.2 Å². The smallest absolute Gasteiger partial charge is 0.316 e. The van der Waals surface area contributed by atoms with E-state index < -0.39 is 11.2 Å². The number of carboxylic acids is 1. The van der Waals surface area contributed by atoms with E-state index in [1.807, 2.05) is 42.5 Å². The summed E-state index contributed by atoms with van der Waals surface area (Å²) in [5.41, 5.74) is 3.19. The monoisotopic (exact) mass is 325 g/mol. The summed E-state index contributed by atoms with van der Waals surface area (Å²) < 4.78 is 0. The fourth-order valence-corrected chi connectivity index (χ4v) is 2.75. The molecule has 0 fully saturated rings. The van der Waals surface area contributed by atoms with Crippen LogP contribution in [-0.2, 0) is 4.79 Å². The zero-order valence-electron chi connectivity index (χ0n) is 12.4. The number of aliphatic carboxylic acids is 1. The predicted molar refractivity (Wildman–Crippen MR) is 90.2 cm³/mol. The second kappa shape index (κ2) is 6.66. The standard InChI is InChI=1S/C17H15N3O2S/c1-11(16(21)22)23-17-18-15(19-20-17)14-9-7-13(8-10-14)12-5-3-2-4-6-12/h2-11H,1H3,(H,21,22)(H,18,19,20)/t11-/m1/s1. The highest BCUT2D eigenvalue weighted by Crippen LogP contribution is 2.25. The van der Waals surface area contributed by atoms with Gasteiger partial charge in [0.25, 0.3) is 0 Å². The van der Waals surface area contributed by atoms with Crippen LogP contribution in [0.2, 0.25) is 0 Å². The van der Waals surface area contributed by atoms with E-state index in [2.05, 4.69) is 27.3 Å². The highest BCUT2D eigenvalue weighted by molar-refractivity contribution is 8.00. The molecule has 3 aromatic rings. The number of aromatic nitrogens is 3. The molecule has 6 heteroatoms. The number of carboxylic acid groups (broad SMARTS) is 1. The van der Waals surface area contributed by atoms with Gasteiger partial charge in [-0.3, -0.25) is 9.89 Å². The van der Waals surface area contributed by atoms with E-state index in [1.54, 1.807) is 6.92 Å². The molecule has 3 rings (SSSR count). The molecule has 1 aromatic heterocycles.